The Hall–Kier alpha value is -1.26. The molecule has 4 aliphatic rings. The van der Waals surface area contributed by atoms with Gasteiger partial charge in [0, 0.05) is 18.7 Å². The van der Waals surface area contributed by atoms with Crippen molar-refractivity contribution >= 4 is 0 Å². The summed E-state index contributed by atoms with van der Waals surface area (Å²) in [6.45, 7) is 8.46. The maximum atomic E-state index is 10.5. The summed E-state index contributed by atoms with van der Waals surface area (Å²) >= 11 is 0. The number of methoxy groups -OCH3 is 1. The van der Waals surface area contributed by atoms with Gasteiger partial charge < -0.3 is 19.9 Å². The molecular weight excluding hydrogens is 362 g/mol. The Morgan fingerprint density at radius 1 is 1.10 bits per heavy atom. The van der Waals surface area contributed by atoms with Gasteiger partial charge in [0.25, 0.3) is 0 Å². The van der Waals surface area contributed by atoms with Crippen LogP contribution in [-0.2, 0) is 5.41 Å². The summed E-state index contributed by atoms with van der Waals surface area (Å²) in [4.78, 5) is 0. The van der Waals surface area contributed by atoms with E-state index in [-0.39, 0.29) is 5.41 Å². The van der Waals surface area contributed by atoms with Gasteiger partial charge >= 0.3 is 0 Å². The van der Waals surface area contributed by atoms with Crippen LogP contribution in [0.4, 0.5) is 0 Å². The Labute approximate surface area is 176 Å². The summed E-state index contributed by atoms with van der Waals surface area (Å²) in [5, 5.41) is 14.1. The molecule has 0 radical (unpaired) electrons. The molecule has 0 heterocycles. The van der Waals surface area contributed by atoms with Crippen molar-refractivity contribution in [2.24, 2.45) is 23.2 Å². The van der Waals surface area contributed by atoms with Gasteiger partial charge in [0.15, 0.2) is 0 Å². The molecule has 0 aromatic heterocycles. The summed E-state index contributed by atoms with van der Waals surface area (Å²) in [6, 6.07) is 5.91. The fourth-order valence-corrected chi connectivity index (χ4v) is 6.60. The summed E-state index contributed by atoms with van der Waals surface area (Å²) < 4.78 is 11.4. The first kappa shape index (κ1) is 21.0. The van der Waals surface area contributed by atoms with Gasteiger partial charge in [-0.25, -0.2) is 0 Å². The van der Waals surface area contributed by atoms with Gasteiger partial charge in [-0.15, -0.1) is 0 Å². The fourth-order valence-electron chi connectivity index (χ4n) is 6.60. The minimum atomic E-state index is -0.501. The van der Waals surface area contributed by atoms with Crippen LogP contribution in [0.5, 0.6) is 11.5 Å². The number of benzene rings is 1. The number of aliphatic hydroxyl groups excluding tert-OH is 1. The van der Waals surface area contributed by atoms with Gasteiger partial charge in [0.2, 0.25) is 0 Å². The molecule has 4 heteroatoms. The number of rotatable bonds is 8. The molecular formula is C25H39NO3. The molecule has 1 aromatic rings. The minimum absolute atomic E-state index is 0.0500. The molecule has 1 aromatic carbocycles. The Morgan fingerprint density at radius 3 is 2.28 bits per heavy atom. The highest BCUT2D eigenvalue weighted by Gasteiger charge is 2.50. The quantitative estimate of drug-likeness (QED) is 0.671. The van der Waals surface area contributed by atoms with E-state index < -0.39 is 6.10 Å². The normalized spacial score (nSPS) is 31.7. The maximum Gasteiger partial charge on any atom is 0.123 e. The molecule has 0 spiro atoms. The molecule has 0 amide bonds. The van der Waals surface area contributed by atoms with Crippen LogP contribution in [0.2, 0.25) is 0 Å². The van der Waals surface area contributed by atoms with E-state index in [0.717, 1.165) is 41.4 Å². The van der Waals surface area contributed by atoms with Gasteiger partial charge in [-0.05, 0) is 85.3 Å². The Bertz CT molecular complexity index is 673. The summed E-state index contributed by atoms with van der Waals surface area (Å²) in [5.41, 5.74) is 1.56. The predicted molar refractivity (Wildman–Crippen MR) is 117 cm³/mol. The van der Waals surface area contributed by atoms with Gasteiger partial charge in [-0.1, -0.05) is 20.8 Å². The van der Waals surface area contributed by atoms with E-state index in [1.165, 1.54) is 38.5 Å². The lowest BCUT2D eigenvalue weighted by Crippen LogP contribution is -2.51. The number of hydrogen-bond donors (Lipinski definition) is 2. The molecule has 2 N–H and O–H groups in total. The van der Waals surface area contributed by atoms with Crippen LogP contribution in [0.1, 0.15) is 64.9 Å². The monoisotopic (exact) mass is 401 g/mol. The molecule has 0 saturated heterocycles. The third-order valence-corrected chi connectivity index (χ3v) is 7.47. The zero-order valence-corrected chi connectivity index (χ0v) is 18.7. The van der Waals surface area contributed by atoms with Crippen LogP contribution in [-0.4, -0.2) is 38.0 Å². The van der Waals surface area contributed by atoms with Crippen molar-refractivity contribution in [2.75, 3.05) is 26.8 Å². The molecule has 162 valence electrons. The second-order valence-electron chi connectivity index (χ2n) is 11.1. The Balaban J connectivity index is 1.27. The van der Waals surface area contributed by atoms with Crippen molar-refractivity contribution in [3.05, 3.63) is 23.8 Å². The van der Waals surface area contributed by atoms with Crippen LogP contribution < -0.4 is 14.8 Å². The average molecular weight is 402 g/mol. The van der Waals surface area contributed by atoms with Crippen LogP contribution >= 0.6 is 0 Å². The summed E-state index contributed by atoms with van der Waals surface area (Å²) in [6.07, 6.45) is 8.14. The van der Waals surface area contributed by atoms with Gasteiger partial charge in [-0.3, -0.25) is 0 Å². The first-order chi connectivity index (χ1) is 13.8. The van der Waals surface area contributed by atoms with Crippen molar-refractivity contribution in [2.45, 2.75) is 70.8 Å². The highest BCUT2D eigenvalue weighted by atomic mass is 16.5. The first-order valence-corrected chi connectivity index (χ1v) is 11.5. The predicted octanol–water partition coefficient (Wildman–Crippen LogP) is 4.54. The number of nitrogens with one attached hydrogen (secondary N) is 1. The lowest BCUT2D eigenvalue weighted by Gasteiger charge is -2.57. The molecule has 1 unspecified atom stereocenters. The molecule has 0 aliphatic heterocycles. The first-order valence-electron chi connectivity index (χ1n) is 11.5. The van der Waals surface area contributed by atoms with Crippen molar-refractivity contribution in [1.82, 2.24) is 5.32 Å². The SMILES string of the molecule is COc1ccc(OCC(O)CNCC23CC4CC(CC(C4)C2)C3)c(C(C)(C)C)c1. The Morgan fingerprint density at radius 2 is 1.72 bits per heavy atom. The summed E-state index contributed by atoms with van der Waals surface area (Å²) in [7, 11) is 1.68. The van der Waals surface area contributed by atoms with E-state index in [9.17, 15) is 5.11 Å². The molecule has 4 fully saturated rings. The van der Waals surface area contributed by atoms with Crippen molar-refractivity contribution in [3.8, 4) is 11.5 Å². The smallest absolute Gasteiger partial charge is 0.123 e. The second-order valence-corrected chi connectivity index (χ2v) is 11.1. The highest BCUT2D eigenvalue weighted by Crippen LogP contribution is 2.59. The largest absolute Gasteiger partial charge is 0.497 e. The molecule has 4 bridgehead atoms. The Kier molecular flexibility index (Phi) is 5.87. The standard InChI is InChI=1S/C25H39NO3/c1-24(2,3)22-10-21(28-4)5-6-23(22)29-15-20(27)14-26-16-25-11-17-7-18(12-25)9-19(8-17)13-25/h5-6,10,17-20,26-27H,7-9,11-16H2,1-4H3. The number of hydrogen-bond acceptors (Lipinski definition) is 4. The van der Waals surface area contributed by atoms with E-state index >= 15 is 0 Å². The van der Waals surface area contributed by atoms with Crippen LogP contribution in [0, 0.1) is 23.2 Å². The maximum absolute atomic E-state index is 10.5. The lowest BCUT2D eigenvalue weighted by atomic mass is 9.49. The van der Waals surface area contributed by atoms with E-state index in [1.54, 1.807) is 7.11 Å². The number of aliphatic hydroxyl groups is 1. The van der Waals surface area contributed by atoms with E-state index in [1.807, 2.05) is 18.2 Å². The lowest BCUT2D eigenvalue weighted by molar-refractivity contribution is -0.0524. The van der Waals surface area contributed by atoms with Crippen LogP contribution in [0.15, 0.2) is 18.2 Å². The van der Waals surface area contributed by atoms with E-state index in [0.29, 0.717) is 18.6 Å². The number of ether oxygens (including phenoxy) is 2. The zero-order chi connectivity index (χ0) is 20.6. The average Bonchev–Trinajstić information content (AvgIpc) is 2.64. The zero-order valence-electron chi connectivity index (χ0n) is 18.7. The third-order valence-electron chi connectivity index (χ3n) is 7.47. The van der Waals surface area contributed by atoms with Gasteiger partial charge in [-0.2, -0.15) is 0 Å². The molecule has 29 heavy (non-hydrogen) atoms. The van der Waals surface area contributed by atoms with Gasteiger partial charge in [0.1, 0.15) is 24.2 Å². The highest BCUT2D eigenvalue weighted by molar-refractivity contribution is 5.44. The van der Waals surface area contributed by atoms with Crippen molar-refractivity contribution < 1.29 is 14.6 Å². The van der Waals surface area contributed by atoms with E-state index in [2.05, 4.69) is 26.1 Å². The van der Waals surface area contributed by atoms with Crippen molar-refractivity contribution in [1.29, 1.82) is 0 Å². The molecule has 4 saturated carbocycles. The fraction of sp³-hybridized carbons (Fsp3) is 0.760. The molecule has 4 nitrogen and oxygen atoms in total. The third kappa shape index (κ3) is 4.74. The van der Waals surface area contributed by atoms with Crippen molar-refractivity contribution in [3.63, 3.8) is 0 Å². The molecule has 4 aliphatic carbocycles. The van der Waals surface area contributed by atoms with E-state index in [4.69, 9.17) is 9.47 Å². The molecule has 1 atom stereocenters. The van der Waals surface area contributed by atoms with Crippen LogP contribution in [0.3, 0.4) is 0 Å². The minimum Gasteiger partial charge on any atom is -0.497 e. The molecule has 5 rings (SSSR count). The van der Waals surface area contributed by atoms with Gasteiger partial charge in [0.05, 0.1) is 7.11 Å². The second kappa shape index (κ2) is 8.11. The topological polar surface area (TPSA) is 50.7 Å². The van der Waals surface area contributed by atoms with Crippen LogP contribution in [0.25, 0.3) is 0 Å². The summed E-state index contributed by atoms with van der Waals surface area (Å²) in [5.74, 6) is 4.59.